The highest BCUT2D eigenvalue weighted by atomic mass is 32.2. The molecule has 0 saturated heterocycles. The molecule has 0 aliphatic carbocycles. The molecule has 2 atom stereocenters. The molecule has 0 bridgehead atoms. The van der Waals surface area contributed by atoms with E-state index in [1.165, 1.54) is 0 Å². The predicted molar refractivity (Wildman–Crippen MR) is 71.2 cm³/mol. The Kier molecular flexibility index (Phi) is 5.86. The van der Waals surface area contributed by atoms with Gasteiger partial charge < -0.3 is 11.1 Å². The Hall–Kier alpha value is -1.20. The number of nitrogens with one attached hydrogen (secondary N) is 1. The topological polar surface area (TPSA) is 72.2 Å². The maximum absolute atomic E-state index is 11.7. The van der Waals surface area contributed by atoms with E-state index >= 15 is 0 Å². The molecule has 0 spiro atoms. The van der Waals surface area contributed by atoms with Crippen LogP contribution in [-0.2, 0) is 15.6 Å². The van der Waals surface area contributed by atoms with Crippen molar-refractivity contribution in [2.24, 2.45) is 5.73 Å². The zero-order valence-corrected chi connectivity index (χ0v) is 10.7. The Morgan fingerprint density at radius 1 is 1.41 bits per heavy atom. The van der Waals surface area contributed by atoms with E-state index in [0.29, 0.717) is 13.0 Å². The molecule has 3 N–H and O–H groups in total. The highest BCUT2D eigenvalue weighted by Crippen LogP contribution is 2.06. The van der Waals surface area contributed by atoms with Gasteiger partial charge in [-0.3, -0.25) is 9.00 Å². The average Bonchev–Trinajstić information content (AvgIpc) is 2.30. The second kappa shape index (κ2) is 7.19. The molecule has 0 fully saturated rings. The molecule has 1 aromatic rings. The third-order valence-corrected chi connectivity index (χ3v) is 4.03. The lowest BCUT2D eigenvalue weighted by Crippen LogP contribution is -2.26. The second-order valence-electron chi connectivity index (χ2n) is 3.83. The molecule has 17 heavy (non-hydrogen) atoms. The monoisotopic (exact) mass is 254 g/mol. The smallest absolute Gasteiger partial charge is 0.237 e. The van der Waals surface area contributed by atoms with Crippen molar-refractivity contribution in [2.75, 3.05) is 17.6 Å². The van der Waals surface area contributed by atoms with Crippen molar-refractivity contribution in [1.29, 1.82) is 0 Å². The zero-order valence-electron chi connectivity index (χ0n) is 9.89. The number of rotatable bonds is 6. The van der Waals surface area contributed by atoms with Crippen molar-refractivity contribution in [1.82, 2.24) is 0 Å². The quantitative estimate of drug-likeness (QED) is 0.799. The van der Waals surface area contributed by atoms with Gasteiger partial charge in [-0.2, -0.15) is 0 Å². The van der Waals surface area contributed by atoms with E-state index in [9.17, 15) is 9.00 Å². The summed E-state index contributed by atoms with van der Waals surface area (Å²) < 4.78 is 11.7. The largest absolute Gasteiger partial charge is 0.330 e. The normalized spacial score (nSPS) is 14.0. The molecule has 0 heterocycles. The van der Waals surface area contributed by atoms with Crippen LogP contribution in [0.3, 0.4) is 0 Å². The fourth-order valence-corrected chi connectivity index (χ4v) is 2.37. The van der Waals surface area contributed by atoms with Crippen LogP contribution in [-0.4, -0.2) is 27.7 Å². The van der Waals surface area contributed by atoms with Gasteiger partial charge in [-0.25, -0.2) is 0 Å². The molecule has 0 aliphatic heterocycles. The van der Waals surface area contributed by atoms with Crippen LogP contribution in [0.1, 0.15) is 13.3 Å². The van der Waals surface area contributed by atoms with Crippen LogP contribution >= 0.6 is 0 Å². The second-order valence-corrected chi connectivity index (χ2v) is 5.68. The SMILES string of the molecule is CC(CCN)S(=O)CC(=O)Nc1ccccc1. The van der Waals surface area contributed by atoms with Crippen LogP contribution in [0.4, 0.5) is 5.69 Å². The summed E-state index contributed by atoms with van der Waals surface area (Å²) in [7, 11) is -1.16. The summed E-state index contributed by atoms with van der Waals surface area (Å²) in [6.45, 7) is 2.34. The van der Waals surface area contributed by atoms with Gasteiger partial charge in [-0.15, -0.1) is 0 Å². The summed E-state index contributed by atoms with van der Waals surface area (Å²) in [4.78, 5) is 11.6. The molecular weight excluding hydrogens is 236 g/mol. The number of amides is 1. The summed E-state index contributed by atoms with van der Waals surface area (Å²) in [6.07, 6.45) is 0.672. The predicted octanol–water partition coefficient (Wildman–Crippen LogP) is 1.11. The molecule has 1 aromatic carbocycles. The Labute approximate surface area is 104 Å². The minimum atomic E-state index is -1.16. The van der Waals surface area contributed by atoms with E-state index in [-0.39, 0.29) is 16.9 Å². The first-order valence-corrected chi connectivity index (χ1v) is 6.94. The fraction of sp³-hybridized carbons (Fsp3) is 0.417. The number of nitrogens with two attached hydrogens (primary N) is 1. The van der Waals surface area contributed by atoms with Crippen LogP contribution in [0.5, 0.6) is 0 Å². The lowest BCUT2D eigenvalue weighted by molar-refractivity contribution is -0.113. The van der Waals surface area contributed by atoms with E-state index < -0.39 is 10.8 Å². The number of carbonyl (C=O) groups excluding carboxylic acids is 1. The van der Waals surface area contributed by atoms with Crippen molar-refractivity contribution in [3.63, 3.8) is 0 Å². The summed E-state index contributed by atoms with van der Waals surface area (Å²) in [5.74, 6) is -0.200. The van der Waals surface area contributed by atoms with Crippen molar-refractivity contribution in [3.8, 4) is 0 Å². The van der Waals surface area contributed by atoms with Crippen molar-refractivity contribution in [2.45, 2.75) is 18.6 Å². The number of hydrogen-bond acceptors (Lipinski definition) is 3. The van der Waals surface area contributed by atoms with Gasteiger partial charge in [0.25, 0.3) is 0 Å². The van der Waals surface area contributed by atoms with Gasteiger partial charge in [0.1, 0.15) is 5.75 Å². The van der Waals surface area contributed by atoms with Crippen molar-refractivity contribution < 1.29 is 9.00 Å². The molecule has 94 valence electrons. The highest BCUT2D eigenvalue weighted by molar-refractivity contribution is 7.86. The maximum atomic E-state index is 11.7. The van der Waals surface area contributed by atoms with Crippen molar-refractivity contribution >= 4 is 22.4 Å². The summed E-state index contributed by atoms with van der Waals surface area (Å²) >= 11 is 0. The van der Waals surface area contributed by atoms with Crippen molar-refractivity contribution in [3.05, 3.63) is 30.3 Å². The van der Waals surface area contributed by atoms with E-state index in [1.54, 1.807) is 12.1 Å². The van der Waals surface area contributed by atoms with Crippen LogP contribution in [0.25, 0.3) is 0 Å². The van der Waals surface area contributed by atoms with Gasteiger partial charge in [-0.05, 0) is 25.1 Å². The average molecular weight is 254 g/mol. The minimum absolute atomic E-state index is 0.0239. The zero-order chi connectivity index (χ0) is 12.7. The number of para-hydroxylation sites is 1. The number of hydrogen-bond donors (Lipinski definition) is 2. The first-order valence-electron chi connectivity index (χ1n) is 5.55. The first kappa shape index (κ1) is 13.9. The summed E-state index contributed by atoms with van der Waals surface area (Å²) in [5, 5.41) is 2.67. The van der Waals surface area contributed by atoms with Gasteiger partial charge in [0.05, 0.1) is 0 Å². The molecule has 0 aromatic heterocycles. The Balaban J connectivity index is 2.42. The van der Waals surface area contributed by atoms with Gasteiger partial charge >= 0.3 is 0 Å². The maximum Gasteiger partial charge on any atom is 0.237 e. The van der Waals surface area contributed by atoms with E-state index in [0.717, 1.165) is 5.69 Å². The molecule has 1 rings (SSSR count). The van der Waals surface area contributed by atoms with Crippen LogP contribution in [0.15, 0.2) is 30.3 Å². The minimum Gasteiger partial charge on any atom is -0.330 e. The number of anilines is 1. The lowest BCUT2D eigenvalue weighted by atomic mass is 10.3. The Morgan fingerprint density at radius 3 is 2.65 bits per heavy atom. The summed E-state index contributed by atoms with van der Waals surface area (Å²) in [6, 6.07) is 9.14. The molecule has 4 nitrogen and oxygen atoms in total. The molecule has 5 heteroatoms. The van der Waals surface area contributed by atoms with Crippen LogP contribution in [0, 0.1) is 0 Å². The number of benzene rings is 1. The van der Waals surface area contributed by atoms with Gasteiger partial charge in [-0.1, -0.05) is 25.1 Å². The molecular formula is C12H18N2O2S. The van der Waals surface area contributed by atoms with E-state index in [2.05, 4.69) is 5.32 Å². The van der Waals surface area contributed by atoms with Gasteiger partial charge in [0, 0.05) is 21.7 Å². The molecule has 0 saturated carbocycles. The summed E-state index contributed by atoms with van der Waals surface area (Å²) in [5.41, 5.74) is 6.11. The molecule has 2 unspecified atom stereocenters. The van der Waals surface area contributed by atoms with Gasteiger partial charge in [0.2, 0.25) is 5.91 Å². The first-order chi connectivity index (χ1) is 8.13. The Bertz CT molecular complexity index is 381. The Morgan fingerprint density at radius 2 is 2.06 bits per heavy atom. The van der Waals surface area contributed by atoms with Crippen LogP contribution in [0.2, 0.25) is 0 Å². The van der Waals surface area contributed by atoms with E-state index in [1.807, 2.05) is 25.1 Å². The van der Waals surface area contributed by atoms with E-state index in [4.69, 9.17) is 5.73 Å². The van der Waals surface area contributed by atoms with Gasteiger partial charge in [0.15, 0.2) is 0 Å². The molecule has 0 radical (unpaired) electrons. The third kappa shape index (κ3) is 5.10. The molecule has 1 amide bonds. The van der Waals surface area contributed by atoms with Crippen LogP contribution < -0.4 is 11.1 Å². The highest BCUT2D eigenvalue weighted by Gasteiger charge is 2.14. The third-order valence-electron chi connectivity index (χ3n) is 2.35. The fourth-order valence-electron chi connectivity index (χ4n) is 1.36. The lowest BCUT2D eigenvalue weighted by Gasteiger charge is -2.10. The number of carbonyl (C=O) groups is 1. The standard InChI is InChI=1S/C12H18N2O2S/c1-10(7-8-13)17(16)9-12(15)14-11-5-3-2-4-6-11/h2-6,10H,7-9,13H2,1H3,(H,14,15). The molecule has 0 aliphatic rings.